The molecule has 1 aliphatic carbocycles. The summed E-state index contributed by atoms with van der Waals surface area (Å²) >= 11 is 0. The highest BCUT2D eigenvalue weighted by Gasteiger charge is 2.24. The Morgan fingerprint density at radius 2 is 2.00 bits per heavy atom. The number of hydrogen-bond donors (Lipinski definition) is 0. The molecule has 0 saturated heterocycles. The van der Waals surface area contributed by atoms with Crippen LogP contribution in [0.2, 0.25) is 0 Å². The van der Waals surface area contributed by atoms with Crippen LogP contribution in [0, 0.1) is 5.92 Å². The van der Waals surface area contributed by atoms with Crippen LogP contribution in [-0.4, -0.2) is 19.0 Å². The lowest BCUT2D eigenvalue weighted by molar-refractivity contribution is 0.0449. The second-order valence-corrected chi connectivity index (χ2v) is 3.45. The summed E-state index contributed by atoms with van der Waals surface area (Å²) in [7, 11) is 0. The monoisotopic (exact) mass is 153 g/mol. The van der Waals surface area contributed by atoms with E-state index in [9.17, 15) is 0 Å². The van der Waals surface area contributed by atoms with Crippen molar-refractivity contribution in [1.82, 2.24) is 0 Å². The molecule has 0 bridgehead atoms. The summed E-state index contributed by atoms with van der Waals surface area (Å²) < 4.78 is 5.47. The molecule has 0 aromatic rings. The maximum atomic E-state index is 5.47. The van der Waals surface area contributed by atoms with E-state index in [1.54, 1.807) is 0 Å². The second-order valence-electron chi connectivity index (χ2n) is 3.45. The lowest BCUT2D eigenvalue weighted by Crippen LogP contribution is -2.21. The van der Waals surface area contributed by atoms with E-state index in [0.29, 0.717) is 0 Å². The van der Waals surface area contributed by atoms with E-state index >= 15 is 0 Å². The van der Waals surface area contributed by atoms with Gasteiger partial charge in [-0.15, -0.1) is 0 Å². The van der Waals surface area contributed by atoms with Crippen LogP contribution in [0.3, 0.4) is 0 Å². The highest BCUT2D eigenvalue weighted by molar-refractivity contribution is 5.60. The summed E-state index contributed by atoms with van der Waals surface area (Å²) in [5, 5.41) is 0. The van der Waals surface area contributed by atoms with Gasteiger partial charge in [-0.1, -0.05) is 19.3 Å². The van der Waals surface area contributed by atoms with E-state index in [4.69, 9.17) is 4.74 Å². The topological polar surface area (TPSA) is 21.6 Å². The van der Waals surface area contributed by atoms with Gasteiger partial charge in [0.2, 0.25) is 0 Å². The molecule has 1 fully saturated rings. The molecule has 1 aliphatic heterocycles. The van der Waals surface area contributed by atoms with E-state index in [-0.39, 0.29) is 6.23 Å². The minimum atomic E-state index is 0.218. The predicted octanol–water partition coefficient (Wildman–Crippen LogP) is 1.99. The molecule has 2 heteroatoms. The van der Waals surface area contributed by atoms with E-state index < -0.39 is 0 Å². The summed E-state index contributed by atoms with van der Waals surface area (Å²) in [5.74, 6) is 0.725. The first-order chi connectivity index (χ1) is 5.47. The van der Waals surface area contributed by atoms with Gasteiger partial charge in [-0.3, -0.25) is 4.99 Å². The molecule has 1 heterocycles. The van der Waals surface area contributed by atoms with Crippen molar-refractivity contribution in [2.45, 2.75) is 38.3 Å². The smallest absolute Gasteiger partial charge is 0.151 e. The maximum Gasteiger partial charge on any atom is 0.151 e. The zero-order valence-electron chi connectivity index (χ0n) is 6.83. The van der Waals surface area contributed by atoms with Gasteiger partial charge in [-0.05, 0) is 12.8 Å². The highest BCUT2D eigenvalue weighted by Crippen LogP contribution is 2.29. The molecule has 1 atom stereocenters. The fourth-order valence-corrected chi connectivity index (χ4v) is 2.01. The normalized spacial score (nSPS) is 32.9. The molecule has 0 spiro atoms. The summed E-state index contributed by atoms with van der Waals surface area (Å²) in [6, 6.07) is 0. The van der Waals surface area contributed by atoms with Crippen molar-refractivity contribution in [2.75, 3.05) is 6.61 Å². The zero-order valence-corrected chi connectivity index (χ0v) is 6.83. The molecule has 0 radical (unpaired) electrons. The van der Waals surface area contributed by atoms with Crippen molar-refractivity contribution in [3.63, 3.8) is 0 Å². The van der Waals surface area contributed by atoms with Crippen LogP contribution in [0.4, 0.5) is 0 Å². The number of hydrogen-bond acceptors (Lipinski definition) is 2. The molecular formula is C9H15NO. The number of aliphatic imine (C=N–C) groups is 1. The van der Waals surface area contributed by atoms with Gasteiger partial charge >= 0.3 is 0 Å². The van der Waals surface area contributed by atoms with Gasteiger partial charge in [0.15, 0.2) is 6.23 Å². The number of rotatable bonds is 1. The quantitative estimate of drug-likeness (QED) is 0.564. The van der Waals surface area contributed by atoms with Crippen LogP contribution >= 0.6 is 0 Å². The lowest BCUT2D eigenvalue weighted by Gasteiger charge is -2.24. The Balaban J connectivity index is 1.87. The zero-order chi connectivity index (χ0) is 7.52. The van der Waals surface area contributed by atoms with E-state index in [2.05, 4.69) is 4.99 Å². The Bertz CT molecular complexity index is 150. The number of ether oxygens (including phenoxy) is 1. The molecule has 11 heavy (non-hydrogen) atoms. The van der Waals surface area contributed by atoms with Crippen LogP contribution in [0.5, 0.6) is 0 Å². The highest BCUT2D eigenvalue weighted by atomic mass is 16.5. The van der Waals surface area contributed by atoms with Gasteiger partial charge in [0, 0.05) is 12.1 Å². The summed E-state index contributed by atoms with van der Waals surface area (Å²) in [5.41, 5.74) is 0. The predicted molar refractivity (Wildman–Crippen MR) is 44.8 cm³/mol. The van der Waals surface area contributed by atoms with Crippen molar-refractivity contribution in [3.05, 3.63) is 0 Å². The first kappa shape index (κ1) is 7.29. The fourth-order valence-electron chi connectivity index (χ4n) is 2.01. The van der Waals surface area contributed by atoms with Crippen LogP contribution in [0.25, 0.3) is 0 Å². The van der Waals surface area contributed by atoms with Crippen molar-refractivity contribution in [2.24, 2.45) is 10.9 Å². The molecule has 0 aromatic carbocycles. The standard InChI is InChI=1S/C9H15NO/c1-2-4-8(5-3-1)9-10-6-7-11-9/h6,8-9H,1-5,7H2. The molecule has 0 N–H and O–H groups in total. The third kappa shape index (κ3) is 1.62. The average Bonchev–Trinajstić information content (AvgIpc) is 2.58. The molecule has 62 valence electrons. The minimum absolute atomic E-state index is 0.218. The number of nitrogens with zero attached hydrogens (tertiary/aromatic N) is 1. The second kappa shape index (κ2) is 3.35. The molecule has 0 amide bonds. The SMILES string of the molecule is C1=NC(C2CCCCC2)OC1. The minimum Gasteiger partial charge on any atom is -0.351 e. The van der Waals surface area contributed by atoms with Crippen LogP contribution in [0.15, 0.2) is 4.99 Å². The molecule has 1 unspecified atom stereocenters. The van der Waals surface area contributed by atoms with Crippen LogP contribution in [-0.2, 0) is 4.74 Å². The molecular weight excluding hydrogens is 138 g/mol. The Kier molecular flexibility index (Phi) is 2.22. The third-order valence-electron chi connectivity index (χ3n) is 2.65. The third-order valence-corrected chi connectivity index (χ3v) is 2.65. The Morgan fingerprint density at radius 3 is 2.64 bits per heavy atom. The molecule has 1 saturated carbocycles. The first-order valence-electron chi connectivity index (χ1n) is 4.60. The molecule has 0 aromatic heterocycles. The fraction of sp³-hybridized carbons (Fsp3) is 0.889. The first-order valence-corrected chi connectivity index (χ1v) is 4.60. The van der Waals surface area contributed by atoms with Crippen molar-refractivity contribution in [1.29, 1.82) is 0 Å². The van der Waals surface area contributed by atoms with Gasteiger partial charge in [0.05, 0.1) is 6.61 Å². The van der Waals surface area contributed by atoms with Gasteiger partial charge in [0.1, 0.15) is 0 Å². The Morgan fingerprint density at radius 1 is 1.18 bits per heavy atom. The molecule has 2 aliphatic rings. The van der Waals surface area contributed by atoms with Gasteiger partial charge in [-0.25, -0.2) is 0 Å². The van der Waals surface area contributed by atoms with Crippen molar-refractivity contribution >= 4 is 6.21 Å². The molecule has 2 nitrogen and oxygen atoms in total. The maximum absolute atomic E-state index is 5.47. The lowest BCUT2D eigenvalue weighted by atomic mass is 9.88. The van der Waals surface area contributed by atoms with Crippen LogP contribution < -0.4 is 0 Å². The van der Waals surface area contributed by atoms with Crippen molar-refractivity contribution < 1.29 is 4.74 Å². The molecule has 2 rings (SSSR count). The summed E-state index contributed by atoms with van der Waals surface area (Å²) in [6.07, 6.45) is 8.92. The van der Waals surface area contributed by atoms with Crippen molar-refractivity contribution in [3.8, 4) is 0 Å². The largest absolute Gasteiger partial charge is 0.351 e. The Labute approximate surface area is 67.7 Å². The summed E-state index contributed by atoms with van der Waals surface area (Å²) in [4.78, 5) is 4.31. The van der Waals surface area contributed by atoms with Gasteiger partial charge < -0.3 is 4.74 Å². The van der Waals surface area contributed by atoms with E-state index in [0.717, 1.165) is 12.5 Å². The van der Waals surface area contributed by atoms with Crippen LogP contribution in [0.1, 0.15) is 32.1 Å². The van der Waals surface area contributed by atoms with Gasteiger partial charge in [-0.2, -0.15) is 0 Å². The van der Waals surface area contributed by atoms with E-state index in [1.165, 1.54) is 32.1 Å². The Hall–Kier alpha value is -0.370. The average molecular weight is 153 g/mol. The van der Waals surface area contributed by atoms with Gasteiger partial charge in [0.25, 0.3) is 0 Å². The van der Waals surface area contributed by atoms with E-state index in [1.807, 2.05) is 6.21 Å². The summed E-state index contributed by atoms with van der Waals surface area (Å²) in [6.45, 7) is 0.737.